The second-order valence-electron chi connectivity index (χ2n) is 30.4. The summed E-state index contributed by atoms with van der Waals surface area (Å²) >= 11 is 0. The van der Waals surface area contributed by atoms with Gasteiger partial charge in [0.2, 0.25) is 17.7 Å². The summed E-state index contributed by atoms with van der Waals surface area (Å²) in [4.78, 5) is 158. The van der Waals surface area contributed by atoms with Gasteiger partial charge in [0.05, 0.1) is 39.0 Å². The highest BCUT2D eigenvalue weighted by Gasteiger charge is 2.56. The van der Waals surface area contributed by atoms with Crippen molar-refractivity contribution in [3.8, 4) is 0 Å². The molecule has 12 N–H and O–H groups in total. The number of benzene rings is 2. The second-order valence-corrected chi connectivity index (χ2v) is 37.4. The maximum absolute atomic E-state index is 15.4. The predicted molar refractivity (Wildman–Crippen MR) is 442 cm³/mol. The van der Waals surface area contributed by atoms with E-state index in [0.717, 1.165) is 19.5 Å². The van der Waals surface area contributed by atoms with E-state index in [4.69, 9.17) is 53.9 Å². The molecule has 5 aromatic rings. The number of carbonyl (C=O) groups excluding carboxylic acids is 3. The predicted octanol–water partition coefficient (Wildman–Crippen LogP) is 1.45. The first-order chi connectivity index (χ1) is 55.4. The number of aromatic nitrogens is 6. The first-order valence-corrected chi connectivity index (χ1v) is 44.8. The summed E-state index contributed by atoms with van der Waals surface area (Å²) in [6.45, 7) is 32.2. The molecule has 40 heteroatoms. The number of aliphatic hydroxyl groups is 1. The quantitative estimate of drug-likeness (QED) is 0.0157. The fourth-order valence-corrected chi connectivity index (χ4v) is 21.6. The Hall–Kier alpha value is -7.37. The minimum atomic E-state index is -5.59. The van der Waals surface area contributed by atoms with Crippen LogP contribution in [0.2, 0.25) is 5.04 Å². The monoisotopic (exact) mass is 1700 g/mol. The number of ether oxygens (including phenoxy) is 3. The lowest BCUT2D eigenvalue weighted by Gasteiger charge is -2.45. The molecule has 0 bridgehead atoms. The van der Waals surface area contributed by atoms with Gasteiger partial charge >= 0.3 is 32.7 Å². The zero-order valence-corrected chi connectivity index (χ0v) is 72.2. The Balaban J connectivity index is 0.00000124. The molecule has 3 amide bonds. The van der Waals surface area contributed by atoms with Gasteiger partial charge in [0.15, 0.2) is 0 Å². The van der Waals surface area contributed by atoms with Gasteiger partial charge in [-0.15, -0.1) is 0 Å². The molecule has 37 nitrogen and oxygen atoms in total. The van der Waals surface area contributed by atoms with Crippen molar-refractivity contribution in [3.63, 3.8) is 0 Å². The van der Waals surface area contributed by atoms with Crippen LogP contribution in [0.15, 0.2) is 120 Å². The molecule has 117 heavy (non-hydrogen) atoms. The molecule has 0 radical (unpaired) electrons. The SMILES string of the molecule is CCN(CC)CC.CCN(CC)CC.Cc1cn([C@H]2C[C@H](O[Si](c3ccccc3)(c3ccccc3)C(C)(C)C)[C@@H]([C@H](C/C=C/CCN3CCN(CC(N)=O)CCN(CC(N)=O)CCN(CC(N)=O)CC3)OP(=O)(O)O[C@H]3C[C@H](n4cc(C)c(=O)[nH]c4=O)O[C@@H]3COP(=O)(O)O[C@H]3C[C@H](n4cc(C)c(=O)[nH]c4=O)O[C@@H]3CO)O2)c(=O)[nH]c1=O. The second kappa shape index (κ2) is 45.3. The average Bonchev–Trinajstić information content (AvgIpc) is 1.65. The highest BCUT2D eigenvalue weighted by atomic mass is 31.2. The van der Waals surface area contributed by atoms with Gasteiger partial charge in [-0.3, -0.25) is 90.2 Å². The number of nitrogens with one attached hydrogen (secondary N) is 3. The van der Waals surface area contributed by atoms with E-state index in [9.17, 15) is 62.6 Å². The van der Waals surface area contributed by atoms with Crippen LogP contribution in [0.1, 0.15) is 130 Å². The Kier molecular flexibility index (Phi) is 37.5. The van der Waals surface area contributed by atoms with Crippen molar-refractivity contribution < 1.29 is 75.1 Å². The molecule has 0 spiro atoms. The first kappa shape index (κ1) is 96.8. The van der Waals surface area contributed by atoms with Gasteiger partial charge in [0.25, 0.3) is 25.0 Å². The molecule has 9 rings (SSSR count). The van der Waals surface area contributed by atoms with E-state index in [-0.39, 0.29) is 55.6 Å². The molecule has 12 atom stereocenters. The number of hydrogen-bond donors (Lipinski definition) is 9. The normalized spacial score (nSPS) is 23.0. The number of hydrogen-bond acceptors (Lipinski definition) is 26. The van der Waals surface area contributed by atoms with E-state index in [1.807, 2.05) is 102 Å². The topological polar surface area (TPSA) is 482 Å². The van der Waals surface area contributed by atoms with E-state index in [1.165, 1.54) is 83.2 Å². The third-order valence-corrected chi connectivity index (χ3v) is 28.4. The third-order valence-electron chi connectivity index (χ3n) is 21.2. The number of rotatable bonds is 35. The molecule has 4 saturated heterocycles. The van der Waals surface area contributed by atoms with Crippen LogP contribution >= 0.6 is 15.6 Å². The molecule has 4 fully saturated rings. The zero-order chi connectivity index (χ0) is 86.1. The van der Waals surface area contributed by atoms with Gasteiger partial charge < -0.3 is 65.4 Å². The smallest absolute Gasteiger partial charge is 0.402 e. The van der Waals surface area contributed by atoms with Crippen LogP contribution in [0.3, 0.4) is 0 Å². The minimum absolute atomic E-state index is 0.0521. The molecule has 2 aromatic carbocycles. The number of nitrogens with zero attached hydrogens (tertiary/aromatic N) is 9. The summed E-state index contributed by atoms with van der Waals surface area (Å²) in [6.07, 6.45) is -7.32. The Morgan fingerprint density at radius 1 is 0.547 bits per heavy atom. The summed E-state index contributed by atoms with van der Waals surface area (Å²) in [7, 11) is -14.5. The maximum atomic E-state index is 15.4. The number of aromatic amines is 3. The van der Waals surface area contributed by atoms with E-state index < -0.39 is 162 Å². The van der Waals surface area contributed by atoms with Crippen LogP contribution < -0.4 is 61.3 Å². The minimum Gasteiger partial charge on any atom is -0.402 e. The van der Waals surface area contributed by atoms with E-state index >= 15 is 4.57 Å². The summed E-state index contributed by atoms with van der Waals surface area (Å²) in [6, 6.07) is 19.1. The highest BCUT2D eigenvalue weighted by molar-refractivity contribution is 7.47. The number of primary amides is 3. The van der Waals surface area contributed by atoms with E-state index in [0.29, 0.717) is 65.3 Å². The Bertz CT molecular complexity index is 4420. The summed E-state index contributed by atoms with van der Waals surface area (Å²) in [5.41, 5.74) is 12.7. The van der Waals surface area contributed by atoms with Crippen molar-refractivity contribution in [2.45, 2.75) is 182 Å². The number of amides is 3. The van der Waals surface area contributed by atoms with Gasteiger partial charge in [0.1, 0.15) is 55.3 Å². The largest absolute Gasteiger partial charge is 0.472 e. The average molecular weight is 1700 g/mol. The Morgan fingerprint density at radius 3 is 1.27 bits per heavy atom. The molecular weight excluding hydrogens is 1580 g/mol. The summed E-state index contributed by atoms with van der Waals surface area (Å²) in [5.74, 6) is -1.66. The molecule has 0 saturated carbocycles. The first-order valence-electron chi connectivity index (χ1n) is 39.9. The van der Waals surface area contributed by atoms with Crippen LogP contribution in [0.25, 0.3) is 0 Å². The van der Waals surface area contributed by atoms with Gasteiger partial charge in [-0.05, 0) is 88.3 Å². The fraction of sp³-hybridized carbons (Fsp3) is 0.623. The van der Waals surface area contributed by atoms with Crippen molar-refractivity contribution in [1.29, 1.82) is 0 Å². The molecule has 2 unspecified atom stereocenters. The van der Waals surface area contributed by atoms with Crippen LogP contribution in [-0.2, 0) is 60.2 Å². The Labute approximate surface area is 682 Å². The number of aliphatic hydroxyl groups excluding tert-OH is 1. The molecule has 652 valence electrons. The van der Waals surface area contributed by atoms with Crippen LogP contribution in [0.4, 0.5) is 0 Å². The van der Waals surface area contributed by atoms with Crippen LogP contribution in [-0.4, -0.2) is 273 Å². The van der Waals surface area contributed by atoms with Crippen molar-refractivity contribution >= 4 is 52.1 Å². The molecule has 7 heterocycles. The lowest BCUT2D eigenvalue weighted by molar-refractivity contribution is -0.121. The van der Waals surface area contributed by atoms with Gasteiger partial charge in [0, 0.05) is 113 Å². The summed E-state index contributed by atoms with van der Waals surface area (Å²) in [5, 5.41) is 11.3. The lowest BCUT2D eigenvalue weighted by Crippen LogP contribution is -2.68. The molecule has 4 aliphatic heterocycles. The standard InChI is InChI=1S/C65H93N13O22P2Si.2C6H15N/c1-41-33-76(62(86)69-59(41)83)55-30-47(50(39-79)94-55)98-101(89,90)93-40-51-48(31-56(95-51)77-34-42(2)60(84)70-63(77)87)99-102(91,92)97-46(20-14-9-15-21-72-22-24-73(36-52(66)80)26-28-75(38-54(68)82)29-27-74(25-23-72)37-53(67)81)58-49(32-57(96-58)78-35-43(3)61(85)71-64(78)88)100-103(65(4,5)6,44-16-10-7-11-17-44)45-18-12-8-13-19-45;2*1-4-7(5-2)6-3/h7-14,16-19,33-35,46-51,55-58,79H,15,20-32,36-40H2,1-6H3,(H2,66,80)(H2,67,81)(H2,68,82)(H,89,90)(H,91,92)(H,69,83,86)(H,70,84,87)(H,71,85,88);2*4-6H2,1-3H3/b14-9+;;/t46-,47-,48-,49-,50+,51+,55+,56+,57+,58+;;/m0../s1. The summed E-state index contributed by atoms with van der Waals surface area (Å²) < 4.78 is 82.8. The highest BCUT2D eigenvalue weighted by Crippen LogP contribution is 2.54. The van der Waals surface area contributed by atoms with Gasteiger partial charge in [-0.2, -0.15) is 0 Å². The van der Waals surface area contributed by atoms with Crippen molar-refractivity contribution in [1.82, 2.24) is 58.1 Å². The number of phosphoric ester groups is 2. The van der Waals surface area contributed by atoms with E-state index in [1.54, 1.807) is 6.08 Å². The van der Waals surface area contributed by atoms with Crippen LogP contribution in [0.5, 0.6) is 0 Å². The Morgan fingerprint density at radius 2 is 0.906 bits per heavy atom. The van der Waals surface area contributed by atoms with Crippen LogP contribution in [0, 0.1) is 20.8 Å². The van der Waals surface area contributed by atoms with Gasteiger partial charge in [-0.1, -0.05) is 135 Å². The number of aryl methyl sites for hydroxylation is 3. The lowest BCUT2D eigenvalue weighted by atomic mass is 10.0. The number of phosphoric acid groups is 2. The molecule has 3 aromatic heterocycles. The number of H-pyrrole nitrogens is 3. The molecular formula is C77H123N15O22P2Si. The van der Waals surface area contributed by atoms with Gasteiger partial charge in [-0.25, -0.2) is 23.5 Å². The maximum Gasteiger partial charge on any atom is 0.472 e. The van der Waals surface area contributed by atoms with Crippen molar-refractivity contribution in [3.05, 3.63) is 171 Å². The molecule has 0 aliphatic carbocycles. The third kappa shape index (κ3) is 28.1. The fourth-order valence-electron chi connectivity index (χ4n) is 14.7. The van der Waals surface area contributed by atoms with Crippen molar-refractivity contribution in [2.75, 3.05) is 131 Å². The zero-order valence-electron chi connectivity index (χ0n) is 69.4. The molecule has 4 aliphatic rings. The van der Waals surface area contributed by atoms with Crippen molar-refractivity contribution in [2.24, 2.45) is 17.2 Å². The number of nitrogens with two attached hydrogens (primary N) is 3. The number of carbonyl (C=O) groups is 3. The van der Waals surface area contributed by atoms with E-state index in [2.05, 4.69) is 71.2 Å².